The molecule has 0 atom stereocenters. The van der Waals surface area contributed by atoms with Crippen molar-refractivity contribution in [1.29, 1.82) is 0 Å². The highest BCUT2D eigenvalue weighted by Crippen LogP contribution is 2.40. The van der Waals surface area contributed by atoms with Crippen LogP contribution in [0.15, 0.2) is 12.1 Å². The topological polar surface area (TPSA) is 86.2 Å². The van der Waals surface area contributed by atoms with Crippen LogP contribution >= 0.6 is 0 Å². The van der Waals surface area contributed by atoms with Gasteiger partial charge in [-0.2, -0.15) is 13.2 Å². The Kier molecular flexibility index (Phi) is 3.08. The number of alkyl halides is 3. The van der Waals surface area contributed by atoms with Gasteiger partial charge in [0.05, 0.1) is 10.5 Å². The summed E-state index contributed by atoms with van der Waals surface area (Å²) < 4.78 is 38.1. The highest BCUT2D eigenvalue weighted by molar-refractivity contribution is 6.01. The number of nitro groups is 1. The number of nitrogens with zero attached hydrogens (tertiary/aromatic N) is 1. The molecule has 0 spiro atoms. The number of hydrogen-bond acceptors (Lipinski definition) is 4. The van der Waals surface area contributed by atoms with Crippen LogP contribution in [-0.4, -0.2) is 10.7 Å². The van der Waals surface area contributed by atoms with Crippen molar-refractivity contribution in [3.8, 4) is 0 Å². The van der Waals surface area contributed by atoms with Crippen molar-refractivity contribution in [3.05, 3.63) is 33.4 Å². The van der Waals surface area contributed by atoms with Crippen molar-refractivity contribution >= 4 is 17.2 Å². The third kappa shape index (κ3) is 2.35. The number of anilines is 1. The minimum atomic E-state index is -5.02. The first-order chi connectivity index (χ1) is 7.66. The number of nitrogen functional groups attached to an aromatic ring is 1. The molecule has 0 radical (unpaired) electrons. The molecule has 1 aromatic rings. The first-order valence-electron chi connectivity index (χ1n) is 4.31. The van der Waals surface area contributed by atoms with E-state index in [0.717, 1.165) is 13.0 Å². The summed E-state index contributed by atoms with van der Waals surface area (Å²) in [4.78, 5) is 20.4. The summed E-state index contributed by atoms with van der Waals surface area (Å²) >= 11 is 0. The van der Waals surface area contributed by atoms with E-state index in [1.54, 1.807) is 0 Å². The van der Waals surface area contributed by atoms with Crippen LogP contribution in [0.1, 0.15) is 22.8 Å². The standard InChI is InChI=1S/C9H7F3N2O3/c1-4(15)7-5(13)2-3-6(14(16)17)8(7)9(10,11)12/h2-3H,13H2,1H3. The second kappa shape index (κ2) is 4.04. The van der Waals surface area contributed by atoms with E-state index >= 15 is 0 Å². The SMILES string of the molecule is CC(=O)c1c(N)ccc([N+](=O)[O-])c1C(F)(F)F. The molecule has 2 N–H and O–H groups in total. The predicted octanol–water partition coefficient (Wildman–Crippen LogP) is 2.40. The van der Waals surface area contributed by atoms with E-state index in [0.29, 0.717) is 6.07 Å². The van der Waals surface area contributed by atoms with Gasteiger partial charge in [-0.25, -0.2) is 0 Å². The Labute approximate surface area is 93.2 Å². The minimum Gasteiger partial charge on any atom is -0.398 e. The van der Waals surface area contributed by atoms with Gasteiger partial charge in [0.15, 0.2) is 5.78 Å². The molecular weight excluding hydrogens is 241 g/mol. The highest BCUT2D eigenvalue weighted by Gasteiger charge is 2.42. The zero-order valence-corrected chi connectivity index (χ0v) is 8.54. The van der Waals surface area contributed by atoms with E-state index in [9.17, 15) is 28.1 Å². The molecule has 0 aliphatic heterocycles. The van der Waals surface area contributed by atoms with Crippen LogP contribution in [-0.2, 0) is 6.18 Å². The average Bonchev–Trinajstić information content (AvgIpc) is 2.14. The number of rotatable bonds is 2. The van der Waals surface area contributed by atoms with E-state index < -0.39 is 39.4 Å². The van der Waals surface area contributed by atoms with Gasteiger partial charge in [0.1, 0.15) is 5.56 Å². The van der Waals surface area contributed by atoms with Gasteiger partial charge in [0, 0.05) is 11.8 Å². The van der Waals surface area contributed by atoms with Crippen LogP contribution in [0, 0.1) is 10.1 Å². The maximum Gasteiger partial charge on any atom is 0.423 e. The first kappa shape index (κ1) is 12.9. The van der Waals surface area contributed by atoms with E-state index in [-0.39, 0.29) is 0 Å². The van der Waals surface area contributed by atoms with E-state index in [1.165, 1.54) is 0 Å². The van der Waals surface area contributed by atoms with Crippen LogP contribution in [0.3, 0.4) is 0 Å². The zero-order valence-electron chi connectivity index (χ0n) is 8.54. The molecule has 0 saturated heterocycles. The second-order valence-electron chi connectivity index (χ2n) is 3.23. The van der Waals surface area contributed by atoms with Crippen molar-refractivity contribution in [2.24, 2.45) is 0 Å². The van der Waals surface area contributed by atoms with Crippen LogP contribution < -0.4 is 5.73 Å². The Morgan fingerprint density at radius 3 is 2.29 bits per heavy atom. The molecule has 17 heavy (non-hydrogen) atoms. The monoisotopic (exact) mass is 248 g/mol. The summed E-state index contributed by atoms with van der Waals surface area (Å²) in [6, 6.07) is 1.54. The molecule has 1 aromatic carbocycles. The molecule has 0 bridgehead atoms. The third-order valence-electron chi connectivity index (χ3n) is 2.05. The number of carbonyl (C=O) groups is 1. The molecule has 0 heterocycles. The van der Waals surface area contributed by atoms with Crippen LogP contribution in [0.5, 0.6) is 0 Å². The largest absolute Gasteiger partial charge is 0.423 e. The van der Waals surface area contributed by atoms with Crippen molar-refractivity contribution in [1.82, 2.24) is 0 Å². The van der Waals surface area contributed by atoms with Crippen molar-refractivity contribution in [2.45, 2.75) is 13.1 Å². The lowest BCUT2D eigenvalue weighted by atomic mass is 10.00. The number of nitro benzene ring substituents is 1. The lowest BCUT2D eigenvalue weighted by Crippen LogP contribution is -2.16. The fourth-order valence-electron chi connectivity index (χ4n) is 1.43. The smallest absolute Gasteiger partial charge is 0.398 e. The Balaban J connectivity index is 3.75. The Morgan fingerprint density at radius 1 is 1.41 bits per heavy atom. The summed E-state index contributed by atoms with van der Waals surface area (Å²) in [6.07, 6.45) is -5.02. The summed E-state index contributed by atoms with van der Waals surface area (Å²) in [6.45, 7) is 0.866. The number of Topliss-reactive ketones (excluding diaryl/α,β-unsaturated/α-hetero) is 1. The summed E-state index contributed by atoms with van der Waals surface area (Å²) in [7, 11) is 0. The van der Waals surface area contributed by atoms with Crippen molar-refractivity contribution < 1.29 is 22.9 Å². The molecule has 0 fully saturated rings. The Hall–Kier alpha value is -2.12. The maximum absolute atomic E-state index is 12.7. The van der Waals surface area contributed by atoms with Gasteiger partial charge in [-0.05, 0) is 13.0 Å². The lowest BCUT2D eigenvalue weighted by Gasteiger charge is -2.12. The number of carbonyl (C=O) groups excluding carboxylic acids is 1. The highest BCUT2D eigenvalue weighted by atomic mass is 19.4. The molecule has 0 amide bonds. The molecule has 5 nitrogen and oxygen atoms in total. The second-order valence-corrected chi connectivity index (χ2v) is 3.23. The molecule has 0 aliphatic rings. The molecule has 0 aliphatic carbocycles. The van der Waals surface area contributed by atoms with Gasteiger partial charge in [-0.1, -0.05) is 0 Å². The van der Waals surface area contributed by atoms with Crippen LogP contribution in [0.2, 0.25) is 0 Å². The number of benzene rings is 1. The van der Waals surface area contributed by atoms with E-state index in [4.69, 9.17) is 5.73 Å². The van der Waals surface area contributed by atoms with Gasteiger partial charge in [0.2, 0.25) is 0 Å². The number of halogens is 3. The van der Waals surface area contributed by atoms with Gasteiger partial charge in [0.25, 0.3) is 5.69 Å². The third-order valence-corrected chi connectivity index (χ3v) is 2.05. The fourth-order valence-corrected chi connectivity index (χ4v) is 1.43. The van der Waals surface area contributed by atoms with Crippen LogP contribution in [0.25, 0.3) is 0 Å². The number of ketones is 1. The van der Waals surface area contributed by atoms with Crippen LogP contribution in [0.4, 0.5) is 24.5 Å². The molecule has 0 aromatic heterocycles. The molecule has 0 unspecified atom stereocenters. The van der Waals surface area contributed by atoms with Crippen molar-refractivity contribution in [3.63, 3.8) is 0 Å². The molecule has 8 heteroatoms. The van der Waals surface area contributed by atoms with Gasteiger partial charge in [-0.3, -0.25) is 14.9 Å². The average molecular weight is 248 g/mol. The van der Waals surface area contributed by atoms with Crippen molar-refractivity contribution in [2.75, 3.05) is 5.73 Å². The molecule has 0 saturated carbocycles. The molecule has 92 valence electrons. The summed E-state index contributed by atoms with van der Waals surface area (Å²) in [5, 5.41) is 10.5. The quantitative estimate of drug-likeness (QED) is 0.377. The maximum atomic E-state index is 12.7. The summed E-state index contributed by atoms with van der Waals surface area (Å²) in [5.41, 5.74) is 1.16. The number of hydrogen-bond donors (Lipinski definition) is 1. The van der Waals surface area contributed by atoms with Gasteiger partial charge in [-0.15, -0.1) is 0 Å². The molecular formula is C9H7F3N2O3. The summed E-state index contributed by atoms with van der Waals surface area (Å²) in [5.74, 6) is -0.974. The Bertz CT molecular complexity index is 497. The molecule has 1 rings (SSSR count). The van der Waals surface area contributed by atoms with E-state index in [2.05, 4.69) is 0 Å². The van der Waals surface area contributed by atoms with Gasteiger partial charge >= 0.3 is 6.18 Å². The number of nitrogens with two attached hydrogens (primary N) is 1. The first-order valence-corrected chi connectivity index (χ1v) is 4.31. The fraction of sp³-hybridized carbons (Fsp3) is 0.222. The zero-order chi connectivity index (χ0) is 13.4. The Morgan fingerprint density at radius 2 is 1.94 bits per heavy atom. The van der Waals surface area contributed by atoms with E-state index in [1.807, 2.05) is 0 Å². The van der Waals surface area contributed by atoms with Gasteiger partial charge < -0.3 is 5.73 Å². The predicted molar refractivity (Wildman–Crippen MR) is 52.5 cm³/mol. The minimum absolute atomic E-state index is 0.435. The lowest BCUT2D eigenvalue weighted by molar-refractivity contribution is -0.388. The normalized spacial score (nSPS) is 11.3.